The smallest absolute Gasteiger partial charge is 0.247 e. The average Bonchev–Trinajstić information content (AvgIpc) is 2.96. The Morgan fingerprint density at radius 3 is 2.22 bits per heavy atom. The van der Waals surface area contributed by atoms with E-state index < -0.39 is 0 Å². The largest absolute Gasteiger partial charge is 0.398 e. The molecule has 2 unspecified atom stereocenters. The Morgan fingerprint density at radius 2 is 1.71 bits per heavy atom. The normalized spacial score (nSPS) is 13.8. The zero-order valence-electron chi connectivity index (χ0n) is 25.3. The van der Waals surface area contributed by atoms with Gasteiger partial charge >= 0.3 is 0 Å². The molecule has 1 saturated heterocycles. The van der Waals surface area contributed by atoms with Crippen LogP contribution in [-0.4, -0.2) is 61.3 Å². The van der Waals surface area contributed by atoms with E-state index in [1.165, 1.54) is 12.8 Å². The number of rotatable bonds is 13. The molecule has 8 nitrogen and oxygen atoms in total. The molecule has 0 spiro atoms. The summed E-state index contributed by atoms with van der Waals surface area (Å²) in [6, 6.07) is 5.50. The number of carbonyl (C=O) groups excluding carboxylic acids is 3. The number of allylic oxidation sites excluding steroid dienone is 1. The number of primary amides is 2. The highest BCUT2D eigenvalue weighted by Crippen LogP contribution is 2.35. The summed E-state index contributed by atoms with van der Waals surface area (Å²) in [4.78, 5) is 34.1. The second-order valence-electron chi connectivity index (χ2n) is 9.48. The van der Waals surface area contributed by atoms with Crippen molar-refractivity contribution in [2.24, 2.45) is 23.3 Å². The summed E-state index contributed by atoms with van der Waals surface area (Å²) in [5.41, 5.74) is 15.8. The molecular weight excluding hydrogens is 578 g/mol. The lowest BCUT2D eigenvalue weighted by Crippen LogP contribution is -2.39. The van der Waals surface area contributed by atoms with Crippen LogP contribution in [0.5, 0.6) is 0 Å². The first-order valence-electron chi connectivity index (χ1n) is 14.0. The lowest BCUT2D eigenvalue weighted by Gasteiger charge is -2.27. The van der Waals surface area contributed by atoms with Crippen molar-refractivity contribution in [1.82, 2.24) is 10.2 Å². The molecule has 0 aromatic heterocycles. The number of carbonyl (C=O) groups is 3. The van der Waals surface area contributed by atoms with E-state index in [0.717, 1.165) is 53.7 Å². The summed E-state index contributed by atoms with van der Waals surface area (Å²) in [6.45, 7) is 20.5. The van der Waals surface area contributed by atoms with Gasteiger partial charge in [-0.25, -0.2) is 0 Å². The number of hydrogen-bond acceptors (Lipinski definition) is 7. The fourth-order valence-corrected chi connectivity index (χ4v) is 5.64. The molecule has 3 amide bonds. The maximum absolute atomic E-state index is 12.6. The number of hydrogen-bond donors (Lipinski definition) is 4. The Kier molecular flexibility index (Phi) is 26.7. The third kappa shape index (κ3) is 21.3. The number of nitrogen functional groups attached to an aromatic ring is 1. The maximum atomic E-state index is 12.6. The van der Waals surface area contributed by atoms with Gasteiger partial charge in [0, 0.05) is 58.9 Å². The Morgan fingerprint density at radius 1 is 1.15 bits per heavy atom. The third-order valence-electron chi connectivity index (χ3n) is 6.34. The number of nitrogens with zero attached hydrogens (tertiary/aromatic N) is 1. The van der Waals surface area contributed by atoms with E-state index in [1.807, 2.05) is 23.9 Å². The van der Waals surface area contributed by atoms with E-state index >= 15 is 0 Å². The van der Waals surface area contributed by atoms with E-state index in [4.69, 9.17) is 26.9 Å². The monoisotopic (exact) mass is 629 g/mol. The van der Waals surface area contributed by atoms with Crippen LogP contribution in [0.4, 0.5) is 5.69 Å². The van der Waals surface area contributed by atoms with Crippen molar-refractivity contribution < 1.29 is 14.4 Å². The second kappa shape index (κ2) is 26.7. The molecule has 1 aliphatic rings. The highest BCUT2D eigenvalue weighted by molar-refractivity contribution is 8.03. The van der Waals surface area contributed by atoms with Gasteiger partial charge in [0.1, 0.15) is 0 Å². The van der Waals surface area contributed by atoms with Gasteiger partial charge < -0.3 is 22.5 Å². The predicted molar refractivity (Wildman–Crippen MR) is 180 cm³/mol. The van der Waals surface area contributed by atoms with E-state index in [-0.39, 0.29) is 18.7 Å². The third-order valence-corrected chi connectivity index (χ3v) is 8.58. The summed E-state index contributed by atoms with van der Waals surface area (Å²) in [7, 11) is 0. The molecule has 1 fully saturated rings. The van der Waals surface area contributed by atoms with Crippen LogP contribution in [0.25, 0.3) is 0 Å². The lowest BCUT2D eigenvalue weighted by molar-refractivity contribution is -0.118. The number of amides is 3. The van der Waals surface area contributed by atoms with Crippen molar-refractivity contribution in [3.63, 3.8) is 0 Å². The first-order chi connectivity index (χ1) is 19.5. The van der Waals surface area contributed by atoms with E-state index in [1.54, 1.807) is 17.8 Å². The molecule has 1 aromatic rings. The summed E-state index contributed by atoms with van der Waals surface area (Å²) < 4.78 is 0. The molecular formula is C30H52ClN5O3S2. The van der Waals surface area contributed by atoms with Gasteiger partial charge in [-0.15, -0.1) is 0 Å². The number of benzene rings is 1. The minimum atomic E-state index is -0.0218. The molecule has 2 rings (SSSR count). The second-order valence-corrected chi connectivity index (χ2v) is 12.4. The zero-order chi connectivity index (χ0) is 31.6. The highest BCUT2D eigenvalue weighted by atomic mass is 35.5. The number of nitrogens with two attached hydrogens (primary N) is 3. The number of unbranched alkanes of at least 4 members (excludes halogenated alkanes) is 1. The van der Waals surface area contributed by atoms with Crippen LogP contribution >= 0.6 is 35.1 Å². The predicted octanol–water partition coefficient (Wildman–Crippen LogP) is 5.70. The fraction of sp³-hybridized carbons (Fsp3) is 0.567. The van der Waals surface area contributed by atoms with Gasteiger partial charge in [-0.1, -0.05) is 83.5 Å². The molecule has 0 aliphatic carbocycles. The van der Waals surface area contributed by atoms with Crippen molar-refractivity contribution >= 4 is 59.5 Å². The minimum absolute atomic E-state index is 0.0218. The molecule has 1 aromatic carbocycles. The topological polar surface area (TPSA) is 145 Å². The van der Waals surface area contributed by atoms with Crippen molar-refractivity contribution in [2.75, 3.05) is 43.4 Å². The van der Waals surface area contributed by atoms with Crippen molar-refractivity contribution in [2.45, 2.75) is 64.7 Å². The quantitative estimate of drug-likeness (QED) is 0.0948. The van der Waals surface area contributed by atoms with Crippen LogP contribution in [-0.2, 0) is 14.4 Å². The molecule has 0 bridgehead atoms. The molecule has 7 N–H and O–H groups in total. The van der Waals surface area contributed by atoms with Crippen molar-refractivity contribution in [3.05, 3.63) is 46.9 Å². The highest BCUT2D eigenvalue weighted by Gasteiger charge is 2.20. The Hall–Kier alpha value is -2.14. The Balaban J connectivity index is 0. The van der Waals surface area contributed by atoms with Crippen LogP contribution in [0, 0.1) is 11.8 Å². The van der Waals surface area contributed by atoms with Gasteiger partial charge in [-0.3, -0.25) is 19.3 Å². The first kappa shape index (κ1) is 41.0. The summed E-state index contributed by atoms with van der Waals surface area (Å²) in [5, 5.41) is 3.81. The van der Waals surface area contributed by atoms with E-state index in [9.17, 15) is 4.79 Å². The molecule has 41 heavy (non-hydrogen) atoms. The van der Waals surface area contributed by atoms with E-state index in [0.29, 0.717) is 41.2 Å². The summed E-state index contributed by atoms with van der Waals surface area (Å²) in [6.07, 6.45) is 6.05. The standard InChI is InChI=1S/C24H36ClN3OS2.C4H10.2CH3NO/c1-5-17(2)20(7-6-19(4)31-23-14-21(25)8-9-22(23)26)15-27-24(29)18(3)16-28-10-12-30-13-11-28;1-3-4-2;2*2-1-3/h8-9,14,17,20H,3-7,10-13,15-16,26H2,1-2H3,(H,27,29);3-4H2,1-2H3;2*1H,(H2,2,3). The van der Waals surface area contributed by atoms with Gasteiger partial charge in [-0.2, -0.15) is 11.8 Å². The SMILES string of the molecule is C=C(CCC(CNC(=O)C(=C)CN1CCSCC1)C(C)CC)Sc1cc(Cl)ccc1N.CCCC.NC=O.NC=O. The molecule has 1 aliphatic heterocycles. The molecule has 2 atom stereocenters. The van der Waals surface area contributed by atoms with Gasteiger partial charge in [-0.05, 0) is 47.8 Å². The Bertz CT molecular complexity index is 891. The molecule has 234 valence electrons. The maximum Gasteiger partial charge on any atom is 0.247 e. The van der Waals surface area contributed by atoms with Gasteiger partial charge in [0.15, 0.2) is 0 Å². The average molecular weight is 630 g/mol. The van der Waals surface area contributed by atoms with Gasteiger partial charge in [0.2, 0.25) is 18.7 Å². The van der Waals surface area contributed by atoms with Crippen LogP contribution < -0.4 is 22.5 Å². The first-order valence-corrected chi connectivity index (χ1v) is 16.4. The lowest BCUT2D eigenvalue weighted by atomic mass is 9.87. The van der Waals surface area contributed by atoms with Crippen molar-refractivity contribution in [3.8, 4) is 0 Å². The molecule has 0 radical (unpaired) electrons. The number of halogens is 1. The van der Waals surface area contributed by atoms with Gasteiger partial charge in [0.25, 0.3) is 0 Å². The number of thioether (sulfide) groups is 2. The molecule has 0 saturated carbocycles. The molecule has 1 heterocycles. The van der Waals surface area contributed by atoms with E-state index in [2.05, 4.69) is 62.5 Å². The van der Waals surface area contributed by atoms with Crippen molar-refractivity contribution in [1.29, 1.82) is 0 Å². The number of anilines is 1. The Labute approximate surface area is 261 Å². The van der Waals surface area contributed by atoms with Crippen LogP contribution in [0.3, 0.4) is 0 Å². The van der Waals surface area contributed by atoms with Crippen LogP contribution in [0.2, 0.25) is 5.02 Å². The number of nitrogens with one attached hydrogen (secondary N) is 1. The minimum Gasteiger partial charge on any atom is -0.398 e. The zero-order valence-corrected chi connectivity index (χ0v) is 27.7. The van der Waals surface area contributed by atoms with Gasteiger partial charge in [0.05, 0.1) is 0 Å². The molecule has 11 heteroatoms. The fourth-order valence-electron chi connectivity index (χ4n) is 3.52. The summed E-state index contributed by atoms with van der Waals surface area (Å²) in [5.74, 6) is 3.15. The van der Waals surface area contributed by atoms with Crippen LogP contribution in [0.15, 0.2) is 46.7 Å². The van der Waals surface area contributed by atoms with Crippen LogP contribution in [0.1, 0.15) is 59.8 Å². The summed E-state index contributed by atoms with van der Waals surface area (Å²) >= 11 is 9.65.